The summed E-state index contributed by atoms with van der Waals surface area (Å²) >= 11 is 0. The summed E-state index contributed by atoms with van der Waals surface area (Å²) in [5.41, 5.74) is 15.3. The van der Waals surface area contributed by atoms with Gasteiger partial charge in [-0.3, -0.25) is 0 Å². The van der Waals surface area contributed by atoms with Gasteiger partial charge in [-0.15, -0.1) is 0 Å². The largest absolute Gasteiger partial charge is 0.335 e. The lowest BCUT2D eigenvalue weighted by atomic mass is 9.99. The maximum Gasteiger partial charge on any atom is 0.160 e. The van der Waals surface area contributed by atoms with E-state index in [1.807, 2.05) is 36.5 Å². The fraction of sp³-hybridized carbons (Fsp3) is 0.0385. The normalized spacial score (nSPS) is 12.5. The Morgan fingerprint density at radius 3 is 1.53 bits per heavy atom. The Kier molecular flexibility index (Phi) is 10.0. The molecule has 278 valence electrons. The third-order valence-electron chi connectivity index (χ3n) is 10.5. The van der Waals surface area contributed by atoms with E-state index in [9.17, 15) is 0 Å². The molecule has 58 heavy (non-hydrogen) atoms. The van der Waals surface area contributed by atoms with Crippen LogP contribution < -0.4 is 9.80 Å². The second-order valence-electron chi connectivity index (χ2n) is 14.0. The topological polar surface area (TPSA) is 58.0 Å². The fourth-order valence-corrected chi connectivity index (χ4v) is 7.53. The number of pyridine rings is 2. The van der Waals surface area contributed by atoms with Gasteiger partial charge in [0, 0.05) is 41.2 Å². The minimum absolute atomic E-state index is 0.743. The van der Waals surface area contributed by atoms with Crippen LogP contribution in [0.1, 0.15) is 5.69 Å². The molecule has 4 heterocycles. The van der Waals surface area contributed by atoms with Gasteiger partial charge in [-0.1, -0.05) is 147 Å². The molecule has 0 atom stereocenters. The third-order valence-corrected chi connectivity index (χ3v) is 10.5. The average Bonchev–Trinajstić information content (AvgIpc) is 3.31. The molecule has 6 heteroatoms. The highest BCUT2D eigenvalue weighted by Gasteiger charge is 2.26. The van der Waals surface area contributed by atoms with E-state index in [2.05, 4.69) is 174 Å². The van der Waals surface area contributed by atoms with Crippen LogP contribution in [0.2, 0.25) is 0 Å². The predicted octanol–water partition coefficient (Wildman–Crippen LogP) is 12.6. The lowest BCUT2D eigenvalue weighted by Gasteiger charge is -2.37. The molecule has 1 aliphatic heterocycles. The van der Waals surface area contributed by atoms with E-state index >= 15 is 0 Å². The number of benzene rings is 5. The van der Waals surface area contributed by atoms with Gasteiger partial charge in [-0.2, -0.15) is 0 Å². The Morgan fingerprint density at radius 2 is 0.983 bits per heavy atom. The number of aromatic nitrogens is 4. The van der Waals surface area contributed by atoms with Crippen molar-refractivity contribution >= 4 is 28.5 Å². The number of fused-ring (bicyclic) bond motifs is 1. The van der Waals surface area contributed by atoms with Crippen LogP contribution >= 0.6 is 0 Å². The van der Waals surface area contributed by atoms with Crippen LogP contribution in [0.3, 0.4) is 0 Å². The van der Waals surface area contributed by atoms with Crippen molar-refractivity contribution in [3.8, 4) is 56.0 Å². The van der Waals surface area contributed by atoms with Crippen LogP contribution in [0.25, 0.3) is 61.6 Å². The van der Waals surface area contributed by atoms with Gasteiger partial charge < -0.3 is 9.80 Å². The zero-order chi connectivity index (χ0) is 39.3. The molecule has 0 unspecified atom stereocenters. The summed E-state index contributed by atoms with van der Waals surface area (Å²) in [6, 6.07) is 57.0. The average molecular weight is 749 g/mol. The standard InChI is InChI=1S/C52H40N6/c1-3-14-37(4-2)47-31-43(38-15-8-5-9-16-38)33-49(55-47)42-23-27-46(28-24-42)58-30-29-57(51-35-53-36-54-52(51)58)45-25-21-41(22-26-45)50-34-44(39-17-10-6-11-18-39)32-48(56-50)40-19-12-7-13-20-40/h3-28,31-36H,1-2,29-30H2/b37-14+. The molecule has 0 radical (unpaired) electrons. The summed E-state index contributed by atoms with van der Waals surface area (Å²) in [5.74, 6) is 0.861. The molecule has 0 amide bonds. The number of rotatable bonds is 10. The van der Waals surface area contributed by atoms with Gasteiger partial charge in [0.15, 0.2) is 5.82 Å². The summed E-state index contributed by atoms with van der Waals surface area (Å²) in [6.45, 7) is 9.42. The first-order chi connectivity index (χ1) is 28.6. The number of nitrogens with zero attached hydrogens (tertiary/aromatic N) is 6. The second kappa shape index (κ2) is 16.2. The SMILES string of the molecule is C=C/C=C(\C=C)c1cc(-c2ccccc2)cc(-c2ccc(N3CCN(c4ccc(-c5cc(-c6ccccc6)cc(-c6ccccc6)n5)cc4)c4cncnc43)cc2)n1. The van der Waals surface area contributed by atoms with Crippen molar-refractivity contribution in [3.05, 3.63) is 213 Å². The fourth-order valence-electron chi connectivity index (χ4n) is 7.53. The molecular formula is C52H40N6. The van der Waals surface area contributed by atoms with E-state index in [-0.39, 0.29) is 0 Å². The molecule has 0 N–H and O–H groups in total. The first-order valence-electron chi connectivity index (χ1n) is 19.4. The summed E-state index contributed by atoms with van der Waals surface area (Å²) in [4.78, 5) is 24.0. The van der Waals surface area contributed by atoms with E-state index < -0.39 is 0 Å². The Balaban J connectivity index is 1.00. The quantitative estimate of drug-likeness (QED) is 0.130. The van der Waals surface area contributed by atoms with Crippen LogP contribution in [0.15, 0.2) is 208 Å². The highest BCUT2D eigenvalue weighted by Crippen LogP contribution is 2.40. The maximum absolute atomic E-state index is 5.13. The molecule has 6 nitrogen and oxygen atoms in total. The number of anilines is 4. The molecule has 5 aromatic carbocycles. The molecule has 0 bridgehead atoms. The van der Waals surface area contributed by atoms with Crippen molar-refractivity contribution in [2.45, 2.75) is 0 Å². The number of hydrogen-bond acceptors (Lipinski definition) is 6. The van der Waals surface area contributed by atoms with E-state index in [4.69, 9.17) is 15.0 Å². The van der Waals surface area contributed by atoms with Crippen LogP contribution in [-0.2, 0) is 0 Å². The molecule has 8 aromatic rings. The highest BCUT2D eigenvalue weighted by atomic mass is 15.3. The van der Waals surface area contributed by atoms with Gasteiger partial charge >= 0.3 is 0 Å². The molecular weight excluding hydrogens is 709 g/mol. The second-order valence-corrected chi connectivity index (χ2v) is 14.0. The summed E-state index contributed by atoms with van der Waals surface area (Å²) < 4.78 is 0. The van der Waals surface area contributed by atoms with Crippen LogP contribution in [0.4, 0.5) is 22.9 Å². The predicted molar refractivity (Wildman–Crippen MR) is 240 cm³/mol. The lowest BCUT2D eigenvalue weighted by molar-refractivity contribution is 0.825. The van der Waals surface area contributed by atoms with Crippen LogP contribution in [-0.4, -0.2) is 33.0 Å². The zero-order valence-electron chi connectivity index (χ0n) is 32.0. The Hall–Kier alpha value is -7.70. The van der Waals surface area contributed by atoms with E-state index in [0.717, 1.165) is 103 Å². The third kappa shape index (κ3) is 7.34. The van der Waals surface area contributed by atoms with Crippen molar-refractivity contribution in [1.29, 1.82) is 0 Å². The van der Waals surface area contributed by atoms with Gasteiger partial charge in [-0.25, -0.2) is 19.9 Å². The molecule has 1 aliphatic rings. The molecule has 0 spiro atoms. The molecule has 0 fully saturated rings. The Labute approximate surface area is 339 Å². The first-order valence-corrected chi connectivity index (χ1v) is 19.4. The Morgan fingerprint density at radius 1 is 0.500 bits per heavy atom. The van der Waals surface area contributed by atoms with Gasteiger partial charge in [0.25, 0.3) is 0 Å². The van der Waals surface area contributed by atoms with Gasteiger partial charge in [-0.05, 0) is 76.4 Å². The van der Waals surface area contributed by atoms with E-state index in [1.165, 1.54) is 0 Å². The minimum Gasteiger partial charge on any atom is -0.335 e. The molecule has 0 saturated heterocycles. The van der Waals surface area contributed by atoms with Gasteiger partial charge in [0.1, 0.15) is 12.0 Å². The van der Waals surface area contributed by atoms with E-state index in [1.54, 1.807) is 12.4 Å². The Bertz CT molecular complexity index is 2690. The zero-order valence-corrected chi connectivity index (χ0v) is 32.0. The van der Waals surface area contributed by atoms with Crippen molar-refractivity contribution in [3.63, 3.8) is 0 Å². The number of allylic oxidation sites excluding steroid dienone is 4. The first kappa shape index (κ1) is 36.0. The molecule has 0 aliphatic carbocycles. The van der Waals surface area contributed by atoms with Crippen molar-refractivity contribution in [2.75, 3.05) is 22.9 Å². The number of hydrogen-bond donors (Lipinski definition) is 0. The van der Waals surface area contributed by atoms with Crippen molar-refractivity contribution in [1.82, 2.24) is 19.9 Å². The monoisotopic (exact) mass is 748 g/mol. The van der Waals surface area contributed by atoms with E-state index in [0.29, 0.717) is 0 Å². The molecule has 3 aromatic heterocycles. The molecule has 9 rings (SSSR count). The van der Waals surface area contributed by atoms with Gasteiger partial charge in [0.05, 0.1) is 29.0 Å². The van der Waals surface area contributed by atoms with Crippen molar-refractivity contribution in [2.24, 2.45) is 0 Å². The smallest absolute Gasteiger partial charge is 0.160 e. The maximum atomic E-state index is 5.13. The van der Waals surface area contributed by atoms with Crippen LogP contribution in [0.5, 0.6) is 0 Å². The minimum atomic E-state index is 0.743. The van der Waals surface area contributed by atoms with Crippen molar-refractivity contribution < 1.29 is 0 Å². The van der Waals surface area contributed by atoms with Crippen LogP contribution in [0, 0.1) is 0 Å². The molecule has 0 saturated carbocycles. The lowest BCUT2D eigenvalue weighted by Crippen LogP contribution is -2.37. The summed E-state index contributed by atoms with van der Waals surface area (Å²) in [7, 11) is 0. The summed E-state index contributed by atoms with van der Waals surface area (Å²) in [6.07, 6.45) is 9.06. The summed E-state index contributed by atoms with van der Waals surface area (Å²) in [5, 5.41) is 0. The van der Waals surface area contributed by atoms with Gasteiger partial charge in [0.2, 0.25) is 0 Å². The highest BCUT2D eigenvalue weighted by molar-refractivity contribution is 5.84.